The average Bonchev–Trinajstić information content (AvgIpc) is 3.22. The first-order chi connectivity index (χ1) is 14.5. The van der Waals surface area contributed by atoms with Crippen molar-refractivity contribution in [2.75, 3.05) is 12.4 Å². The lowest BCUT2D eigenvalue weighted by atomic mass is 10.1. The minimum Gasteiger partial charge on any atom is -0.497 e. The molecule has 0 saturated heterocycles. The molecule has 0 aliphatic carbocycles. The number of aryl methyl sites for hydroxylation is 2. The maximum Gasteiger partial charge on any atom is 0.295 e. The second-order valence-electron chi connectivity index (χ2n) is 6.99. The second kappa shape index (κ2) is 8.21. The lowest BCUT2D eigenvalue weighted by molar-refractivity contribution is 0.101. The van der Waals surface area contributed by atoms with E-state index in [1.54, 1.807) is 23.9 Å². The largest absolute Gasteiger partial charge is 0.497 e. The number of benzene rings is 3. The summed E-state index contributed by atoms with van der Waals surface area (Å²) >= 11 is 0. The van der Waals surface area contributed by atoms with Crippen molar-refractivity contribution in [1.82, 2.24) is 14.8 Å². The molecule has 0 spiro atoms. The minimum atomic E-state index is -0.386. The Bertz CT molecular complexity index is 1200. The van der Waals surface area contributed by atoms with Crippen LogP contribution in [0.5, 0.6) is 5.75 Å². The van der Waals surface area contributed by atoms with Gasteiger partial charge in [-0.1, -0.05) is 42.5 Å². The summed E-state index contributed by atoms with van der Waals surface area (Å²) in [5, 5.41) is 7.37. The van der Waals surface area contributed by atoms with Gasteiger partial charge in [-0.25, -0.2) is 9.67 Å². The molecule has 1 heterocycles. The molecule has 30 heavy (non-hydrogen) atoms. The fraction of sp³-hybridized carbons (Fsp3) is 0.125. The number of anilines is 1. The van der Waals surface area contributed by atoms with Crippen molar-refractivity contribution in [2.24, 2.45) is 0 Å². The third-order valence-electron chi connectivity index (χ3n) is 4.90. The normalized spacial score (nSPS) is 10.6. The molecule has 1 N–H and O–H groups in total. The minimum absolute atomic E-state index is 0.0925. The second-order valence-corrected chi connectivity index (χ2v) is 6.99. The molecule has 0 bridgehead atoms. The predicted molar refractivity (Wildman–Crippen MR) is 117 cm³/mol. The zero-order chi connectivity index (χ0) is 21.1. The Morgan fingerprint density at radius 1 is 0.933 bits per heavy atom. The SMILES string of the molecule is COc1cccc(NC(=O)c2nc(-c3ccccc3)n(-c3ccc(C)c(C)c3)n2)c1. The summed E-state index contributed by atoms with van der Waals surface area (Å²) in [6.45, 7) is 4.11. The third kappa shape index (κ3) is 3.93. The Hall–Kier alpha value is -3.93. The Labute approximate surface area is 175 Å². The van der Waals surface area contributed by atoms with E-state index in [0.717, 1.165) is 16.8 Å². The van der Waals surface area contributed by atoms with E-state index < -0.39 is 0 Å². The monoisotopic (exact) mass is 398 g/mol. The fourth-order valence-corrected chi connectivity index (χ4v) is 3.11. The maximum absolute atomic E-state index is 12.9. The Morgan fingerprint density at radius 3 is 2.47 bits per heavy atom. The zero-order valence-electron chi connectivity index (χ0n) is 17.1. The summed E-state index contributed by atoms with van der Waals surface area (Å²) < 4.78 is 6.93. The summed E-state index contributed by atoms with van der Waals surface area (Å²) in [6.07, 6.45) is 0. The van der Waals surface area contributed by atoms with E-state index >= 15 is 0 Å². The number of nitrogens with zero attached hydrogens (tertiary/aromatic N) is 3. The van der Waals surface area contributed by atoms with Crippen molar-refractivity contribution < 1.29 is 9.53 Å². The molecule has 6 nitrogen and oxygen atoms in total. The number of rotatable bonds is 5. The number of hydrogen-bond acceptors (Lipinski definition) is 4. The first kappa shape index (κ1) is 19.4. The molecule has 0 aliphatic heterocycles. The molecule has 0 fully saturated rings. The van der Waals surface area contributed by atoms with Gasteiger partial charge in [-0.3, -0.25) is 4.79 Å². The van der Waals surface area contributed by atoms with Crippen LogP contribution in [0.4, 0.5) is 5.69 Å². The number of carbonyl (C=O) groups excluding carboxylic acids is 1. The maximum atomic E-state index is 12.9. The highest BCUT2D eigenvalue weighted by molar-refractivity contribution is 6.02. The summed E-state index contributed by atoms with van der Waals surface area (Å²) in [4.78, 5) is 17.4. The van der Waals surface area contributed by atoms with Crippen LogP contribution in [-0.2, 0) is 0 Å². The Morgan fingerprint density at radius 2 is 1.73 bits per heavy atom. The number of methoxy groups -OCH3 is 1. The molecule has 6 heteroatoms. The van der Waals surface area contributed by atoms with E-state index in [1.165, 1.54) is 5.56 Å². The van der Waals surface area contributed by atoms with E-state index in [1.807, 2.05) is 67.6 Å². The highest BCUT2D eigenvalue weighted by Crippen LogP contribution is 2.23. The summed E-state index contributed by atoms with van der Waals surface area (Å²) in [5.74, 6) is 0.971. The lowest BCUT2D eigenvalue weighted by Gasteiger charge is -2.08. The van der Waals surface area contributed by atoms with E-state index in [9.17, 15) is 4.79 Å². The molecular weight excluding hydrogens is 376 g/mol. The average molecular weight is 398 g/mol. The van der Waals surface area contributed by atoms with Gasteiger partial charge in [0.25, 0.3) is 5.91 Å². The van der Waals surface area contributed by atoms with Crippen molar-refractivity contribution >= 4 is 11.6 Å². The third-order valence-corrected chi connectivity index (χ3v) is 4.90. The van der Waals surface area contributed by atoms with Gasteiger partial charge < -0.3 is 10.1 Å². The molecule has 1 amide bonds. The topological polar surface area (TPSA) is 69.0 Å². The van der Waals surface area contributed by atoms with Gasteiger partial charge >= 0.3 is 0 Å². The molecule has 0 atom stereocenters. The Balaban J connectivity index is 1.74. The van der Waals surface area contributed by atoms with Crippen LogP contribution in [0, 0.1) is 13.8 Å². The standard InChI is InChI=1S/C24H22N4O2/c1-16-12-13-20(14-17(16)2)28-23(18-8-5-4-6-9-18)26-22(27-28)24(29)25-19-10-7-11-21(15-19)30-3/h4-15H,1-3H3,(H,25,29). The Kier molecular flexibility index (Phi) is 5.30. The summed E-state index contributed by atoms with van der Waals surface area (Å²) in [6, 6.07) is 22.9. The number of carbonyl (C=O) groups is 1. The molecule has 0 saturated carbocycles. The van der Waals surface area contributed by atoms with Crippen LogP contribution >= 0.6 is 0 Å². The molecule has 0 radical (unpaired) electrons. The van der Waals surface area contributed by atoms with E-state index in [0.29, 0.717) is 17.3 Å². The fourth-order valence-electron chi connectivity index (χ4n) is 3.11. The zero-order valence-corrected chi connectivity index (χ0v) is 17.1. The first-order valence-corrected chi connectivity index (χ1v) is 9.60. The predicted octanol–water partition coefficient (Wildman–Crippen LogP) is 4.81. The van der Waals surface area contributed by atoms with E-state index in [2.05, 4.69) is 22.3 Å². The van der Waals surface area contributed by atoms with Crippen LogP contribution in [0.3, 0.4) is 0 Å². The molecule has 0 aliphatic rings. The first-order valence-electron chi connectivity index (χ1n) is 9.60. The molecule has 4 rings (SSSR count). The van der Waals surface area contributed by atoms with Crippen molar-refractivity contribution in [3.8, 4) is 22.8 Å². The molecule has 1 aromatic heterocycles. The molecule has 0 unspecified atom stereocenters. The summed E-state index contributed by atoms with van der Waals surface area (Å²) in [7, 11) is 1.58. The van der Waals surface area contributed by atoms with Gasteiger partial charge in [0.1, 0.15) is 5.75 Å². The number of ether oxygens (including phenoxy) is 1. The van der Waals surface area contributed by atoms with Crippen LogP contribution in [0.2, 0.25) is 0 Å². The quantitative estimate of drug-likeness (QED) is 0.524. The molecule has 4 aromatic rings. The van der Waals surface area contributed by atoms with Crippen LogP contribution in [0.1, 0.15) is 21.7 Å². The number of aromatic nitrogens is 3. The van der Waals surface area contributed by atoms with Gasteiger partial charge in [-0.2, -0.15) is 0 Å². The van der Waals surface area contributed by atoms with Crippen LogP contribution < -0.4 is 10.1 Å². The van der Waals surface area contributed by atoms with Crippen molar-refractivity contribution in [3.63, 3.8) is 0 Å². The van der Waals surface area contributed by atoms with Crippen LogP contribution in [0.25, 0.3) is 17.1 Å². The molecular formula is C24H22N4O2. The molecule has 3 aromatic carbocycles. The van der Waals surface area contributed by atoms with Crippen molar-refractivity contribution in [3.05, 3.63) is 89.7 Å². The van der Waals surface area contributed by atoms with Crippen LogP contribution in [0.15, 0.2) is 72.8 Å². The van der Waals surface area contributed by atoms with Gasteiger partial charge in [-0.05, 0) is 49.2 Å². The van der Waals surface area contributed by atoms with Gasteiger partial charge in [0.2, 0.25) is 5.82 Å². The van der Waals surface area contributed by atoms with Gasteiger partial charge in [0.15, 0.2) is 5.82 Å². The summed E-state index contributed by atoms with van der Waals surface area (Å²) in [5.41, 5.74) is 4.68. The lowest BCUT2D eigenvalue weighted by Crippen LogP contribution is -2.14. The van der Waals surface area contributed by atoms with Crippen LogP contribution in [-0.4, -0.2) is 27.8 Å². The number of amides is 1. The molecule has 150 valence electrons. The van der Waals surface area contributed by atoms with E-state index in [-0.39, 0.29) is 11.7 Å². The van der Waals surface area contributed by atoms with E-state index in [4.69, 9.17) is 4.74 Å². The van der Waals surface area contributed by atoms with Gasteiger partial charge in [-0.15, -0.1) is 5.10 Å². The number of hydrogen-bond donors (Lipinski definition) is 1. The van der Waals surface area contributed by atoms with Crippen molar-refractivity contribution in [2.45, 2.75) is 13.8 Å². The smallest absolute Gasteiger partial charge is 0.295 e. The van der Waals surface area contributed by atoms with Crippen molar-refractivity contribution in [1.29, 1.82) is 0 Å². The highest BCUT2D eigenvalue weighted by Gasteiger charge is 2.19. The van der Waals surface area contributed by atoms with Gasteiger partial charge in [0.05, 0.1) is 12.8 Å². The van der Waals surface area contributed by atoms with Gasteiger partial charge in [0, 0.05) is 17.3 Å². The highest BCUT2D eigenvalue weighted by atomic mass is 16.5. The number of nitrogens with one attached hydrogen (secondary N) is 1.